The number of pyridine rings is 1. The lowest BCUT2D eigenvalue weighted by atomic mass is 9.99. The zero-order valence-corrected chi connectivity index (χ0v) is 13.4. The van der Waals surface area contributed by atoms with E-state index in [0.717, 1.165) is 16.6 Å². The Labute approximate surface area is 135 Å². The highest BCUT2D eigenvalue weighted by molar-refractivity contribution is 6.11. The smallest absolute Gasteiger partial charge is 0.338 e. The number of aryl methyl sites for hydroxylation is 1. The lowest BCUT2D eigenvalue weighted by Gasteiger charge is -2.21. The molecule has 0 spiro atoms. The Morgan fingerprint density at radius 3 is 2.35 bits per heavy atom. The number of fused-ring (bicyclic) bond motifs is 1. The molecule has 0 radical (unpaired) electrons. The molecule has 0 saturated heterocycles. The minimum Gasteiger partial charge on any atom is -0.478 e. The molecule has 0 aliphatic carbocycles. The van der Waals surface area contributed by atoms with Crippen molar-refractivity contribution in [1.29, 1.82) is 0 Å². The van der Waals surface area contributed by atoms with E-state index in [-0.39, 0.29) is 0 Å². The van der Waals surface area contributed by atoms with Crippen LogP contribution in [0, 0.1) is 6.92 Å². The Balaban J connectivity index is 2.51. The number of anilines is 1. The number of para-hydroxylation sites is 1. The number of hydrogen-bond donors (Lipinski definition) is 1. The summed E-state index contributed by atoms with van der Waals surface area (Å²) in [6, 6.07) is 15.3. The summed E-state index contributed by atoms with van der Waals surface area (Å²) in [7, 11) is 3.69. The molecule has 0 aliphatic rings. The summed E-state index contributed by atoms with van der Waals surface area (Å²) in [6.45, 7) is 1.95. The van der Waals surface area contributed by atoms with Gasteiger partial charge >= 0.3 is 5.97 Å². The summed E-state index contributed by atoms with van der Waals surface area (Å²) in [6.07, 6.45) is 0. The summed E-state index contributed by atoms with van der Waals surface area (Å²) >= 11 is 0. The monoisotopic (exact) mass is 306 g/mol. The second kappa shape index (κ2) is 5.72. The molecule has 3 aromatic rings. The molecule has 0 bridgehead atoms. The quantitative estimate of drug-likeness (QED) is 0.795. The Morgan fingerprint density at radius 1 is 1.04 bits per heavy atom. The van der Waals surface area contributed by atoms with E-state index in [2.05, 4.69) is 0 Å². The SMILES string of the molecule is Cc1cccc2c(C(=O)O)c(N(C)C)c(-c3ccccc3)nc12. The van der Waals surface area contributed by atoms with Crippen LogP contribution in [0.1, 0.15) is 15.9 Å². The van der Waals surface area contributed by atoms with E-state index in [1.165, 1.54) is 0 Å². The van der Waals surface area contributed by atoms with E-state index in [4.69, 9.17) is 4.98 Å². The molecule has 4 nitrogen and oxygen atoms in total. The minimum absolute atomic E-state index is 0.294. The van der Waals surface area contributed by atoms with Gasteiger partial charge in [0.05, 0.1) is 22.5 Å². The van der Waals surface area contributed by atoms with E-state index >= 15 is 0 Å². The molecule has 0 aliphatic heterocycles. The van der Waals surface area contributed by atoms with Crippen LogP contribution in [0.2, 0.25) is 0 Å². The van der Waals surface area contributed by atoms with Gasteiger partial charge in [-0.15, -0.1) is 0 Å². The van der Waals surface area contributed by atoms with E-state index in [0.29, 0.717) is 22.3 Å². The van der Waals surface area contributed by atoms with Gasteiger partial charge in [0.15, 0.2) is 0 Å². The van der Waals surface area contributed by atoms with Gasteiger partial charge in [-0.3, -0.25) is 0 Å². The fourth-order valence-electron chi connectivity index (χ4n) is 2.87. The molecule has 4 heteroatoms. The standard InChI is InChI=1S/C19H18N2O2/c1-12-8-7-11-14-15(19(22)23)18(21(2)3)17(20-16(12)14)13-9-5-4-6-10-13/h4-11H,1-3H3,(H,22,23). The number of nitrogens with zero attached hydrogens (tertiary/aromatic N) is 2. The number of carbonyl (C=O) groups is 1. The summed E-state index contributed by atoms with van der Waals surface area (Å²) in [5.74, 6) is -0.941. The van der Waals surface area contributed by atoms with E-state index in [1.54, 1.807) is 0 Å². The van der Waals surface area contributed by atoms with Crippen LogP contribution in [0.25, 0.3) is 22.2 Å². The van der Waals surface area contributed by atoms with Gasteiger partial charge in [-0.25, -0.2) is 9.78 Å². The molecule has 3 rings (SSSR count). The number of aromatic carboxylic acids is 1. The van der Waals surface area contributed by atoms with Crippen LogP contribution >= 0.6 is 0 Å². The number of hydrogen-bond acceptors (Lipinski definition) is 3. The maximum atomic E-state index is 12.0. The molecule has 1 N–H and O–H groups in total. The molecule has 1 aromatic heterocycles. The molecule has 1 heterocycles. The fraction of sp³-hybridized carbons (Fsp3) is 0.158. The maximum Gasteiger partial charge on any atom is 0.338 e. The Kier molecular flexibility index (Phi) is 3.74. The average molecular weight is 306 g/mol. The topological polar surface area (TPSA) is 53.4 Å². The average Bonchev–Trinajstić information content (AvgIpc) is 2.54. The van der Waals surface area contributed by atoms with Crippen LogP contribution in [-0.2, 0) is 0 Å². The van der Waals surface area contributed by atoms with Crippen molar-refractivity contribution in [3.05, 3.63) is 59.7 Å². The first-order chi connectivity index (χ1) is 11.0. The van der Waals surface area contributed by atoms with Crippen molar-refractivity contribution >= 4 is 22.6 Å². The molecule has 2 aromatic carbocycles. The highest BCUT2D eigenvalue weighted by Crippen LogP contribution is 2.36. The van der Waals surface area contributed by atoms with Gasteiger partial charge in [0.25, 0.3) is 0 Å². The zero-order valence-electron chi connectivity index (χ0n) is 13.4. The Hall–Kier alpha value is -2.88. The predicted octanol–water partition coefficient (Wildman–Crippen LogP) is 3.97. The second-order valence-corrected chi connectivity index (χ2v) is 5.72. The largest absolute Gasteiger partial charge is 0.478 e. The van der Waals surface area contributed by atoms with Gasteiger partial charge < -0.3 is 10.0 Å². The van der Waals surface area contributed by atoms with E-state index in [9.17, 15) is 9.90 Å². The van der Waals surface area contributed by atoms with Crippen LogP contribution in [0.15, 0.2) is 48.5 Å². The van der Waals surface area contributed by atoms with Crippen molar-refractivity contribution < 1.29 is 9.90 Å². The molecule has 23 heavy (non-hydrogen) atoms. The molecular weight excluding hydrogens is 288 g/mol. The van der Waals surface area contributed by atoms with Gasteiger partial charge in [0.2, 0.25) is 0 Å². The Bertz CT molecular complexity index is 887. The van der Waals surface area contributed by atoms with Crippen LogP contribution in [0.5, 0.6) is 0 Å². The highest BCUT2D eigenvalue weighted by Gasteiger charge is 2.23. The second-order valence-electron chi connectivity index (χ2n) is 5.72. The molecule has 116 valence electrons. The first kappa shape index (κ1) is 15.0. The highest BCUT2D eigenvalue weighted by atomic mass is 16.4. The summed E-state index contributed by atoms with van der Waals surface area (Å²) < 4.78 is 0. The number of carboxylic acids is 1. The molecule has 0 amide bonds. The van der Waals surface area contributed by atoms with Crippen molar-refractivity contribution in [2.24, 2.45) is 0 Å². The third-order valence-electron chi connectivity index (χ3n) is 3.90. The van der Waals surface area contributed by atoms with Crippen LogP contribution in [0.3, 0.4) is 0 Å². The summed E-state index contributed by atoms with van der Waals surface area (Å²) in [5, 5.41) is 10.5. The minimum atomic E-state index is -0.941. The van der Waals surface area contributed by atoms with Crippen molar-refractivity contribution in [3.8, 4) is 11.3 Å². The molecule has 0 fully saturated rings. The number of carboxylic acid groups (broad SMARTS) is 1. The number of benzene rings is 2. The molecule has 0 atom stereocenters. The molecule has 0 unspecified atom stereocenters. The van der Waals surface area contributed by atoms with Gasteiger partial charge in [0.1, 0.15) is 0 Å². The lowest BCUT2D eigenvalue weighted by molar-refractivity contribution is 0.0699. The van der Waals surface area contributed by atoms with Crippen LogP contribution in [-0.4, -0.2) is 30.2 Å². The number of aromatic nitrogens is 1. The van der Waals surface area contributed by atoms with Gasteiger partial charge in [-0.2, -0.15) is 0 Å². The summed E-state index contributed by atoms with van der Waals surface area (Å²) in [4.78, 5) is 18.6. The van der Waals surface area contributed by atoms with E-state index in [1.807, 2.05) is 74.4 Å². The maximum absolute atomic E-state index is 12.0. The van der Waals surface area contributed by atoms with Crippen LogP contribution < -0.4 is 4.90 Å². The van der Waals surface area contributed by atoms with Gasteiger partial charge in [-0.1, -0.05) is 48.5 Å². The summed E-state index contributed by atoms with van der Waals surface area (Å²) in [5.41, 5.74) is 4.21. The lowest BCUT2D eigenvalue weighted by Crippen LogP contribution is -2.17. The third-order valence-corrected chi connectivity index (χ3v) is 3.90. The van der Waals surface area contributed by atoms with Crippen LogP contribution in [0.4, 0.5) is 5.69 Å². The number of rotatable bonds is 3. The first-order valence-corrected chi connectivity index (χ1v) is 7.40. The predicted molar refractivity (Wildman–Crippen MR) is 93.2 cm³/mol. The Morgan fingerprint density at radius 2 is 1.74 bits per heavy atom. The molecule has 0 saturated carbocycles. The fourth-order valence-corrected chi connectivity index (χ4v) is 2.87. The van der Waals surface area contributed by atoms with Gasteiger partial charge in [-0.05, 0) is 12.5 Å². The van der Waals surface area contributed by atoms with Crippen molar-refractivity contribution in [2.75, 3.05) is 19.0 Å². The van der Waals surface area contributed by atoms with Crippen molar-refractivity contribution in [3.63, 3.8) is 0 Å². The molecular formula is C19H18N2O2. The van der Waals surface area contributed by atoms with Gasteiger partial charge in [0, 0.05) is 25.0 Å². The van der Waals surface area contributed by atoms with E-state index < -0.39 is 5.97 Å². The normalized spacial score (nSPS) is 10.7. The van der Waals surface area contributed by atoms with Crippen molar-refractivity contribution in [2.45, 2.75) is 6.92 Å². The first-order valence-electron chi connectivity index (χ1n) is 7.40. The third kappa shape index (κ3) is 2.52. The van der Waals surface area contributed by atoms with Crippen molar-refractivity contribution in [1.82, 2.24) is 4.98 Å². The zero-order chi connectivity index (χ0) is 16.6.